The number of aliphatic hydroxyl groups excluding tert-OH is 1. The van der Waals surface area contributed by atoms with Crippen LogP contribution < -0.4 is 9.88 Å². The molecule has 0 aliphatic carbocycles. The van der Waals surface area contributed by atoms with E-state index in [2.05, 4.69) is 12.2 Å². The lowest BCUT2D eigenvalue weighted by atomic mass is 10.0. The van der Waals surface area contributed by atoms with Crippen molar-refractivity contribution in [1.29, 1.82) is 0 Å². The Labute approximate surface area is 200 Å². The summed E-state index contributed by atoms with van der Waals surface area (Å²) in [5.74, 6) is -0.319. The largest absolute Gasteiger partial charge is 0.367 e. The topological polar surface area (TPSA) is 90.5 Å². The Kier molecular flexibility index (Phi) is 17.4. The number of hydrogen-bond donors (Lipinski definition) is 3. The second-order valence-corrected chi connectivity index (χ2v) is 9.12. The van der Waals surface area contributed by atoms with E-state index in [0.717, 1.165) is 12.8 Å². The number of nitrogens with one attached hydrogen (secondary N) is 1. The normalized spacial score (nSPS) is 11.2. The molecule has 6 nitrogen and oxygen atoms in total. The Morgan fingerprint density at radius 3 is 1.85 bits per heavy atom. The number of Topliss-reactive ketones (excluding diaryl/α,β-unsaturated/α-hetero) is 1. The molecule has 0 atom stereocenters. The first-order valence-electron chi connectivity index (χ1n) is 13.2. The smallest absolute Gasteiger partial charge is 0.286 e. The van der Waals surface area contributed by atoms with Crippen LogP contribution in [-0.2, 0) is 11.3 Å². The molecule has 0 spiro atoms. The Morgan fingerprint density at radius 1 is 0.818 bits per heavy atom. The summed E-state index contributed by atoms with van der Waals surface area (Å²) in [4.78, 5) is 24.5. The molecule has 1 aromatic heterocycles. The summed E-state index contributed by atoms with van der Waals surface area (Å²) in [6.45, 7) is 2.02. The third-order valence-electron chi connectivity index (χ3n) is 6.03. The fourth-order valence-electron chi connectivity index (χ4n) is 4.07. The van der Waals surface area contributed by atoms with E-state index < -0.39 is 6.29 Å². The Bertz CT molecular complexity index is 649. The van der Waals surface area contributed by atoms with Gasteiger partial charge >= 0.3 is 0 Å². The first-order chi connectivity index (χ1) is 16.0. The van der Waals surface area contributed by atoms with E-state index in [1.807, 2.05) is 0 Å². The van der Waals surface area contributed by atoms with Crippen LogP contribution in [0.5, 0.6) is 0 Å². The van der Waals surface area contributed by atoms with Crippen molar-refractivity contribution >= 4 is 11.7 Å². The highest BCUT2D eigenvalue weighted by atomic mass is 16.5. The molecule has 0 bridgehead atoms. The summed E-state index contributed by atoms with van der Waals surface area (Å²) < 4.78 is 1.62. The minimum atomic E-state index is -1.58. The van der Waals surface area contributed by atoms with Gasteiger partial charge in [0, 0.05) is 18.6 Å². The van der Waals surface area contributed by atoms with E-state index in [1.165, 1.54) is 83.5 Å². The summed E-state index contributed by atoms with van der Waals surface area (Å²) in [6, 6.07) is 5.31. The minimum Gasteiger partial charge on any atom is -0.367 e. The number of pyridine rings is 1. The quantitative estimate of drug-likeness (QED) is 0.105. The monoisotopic (exact) mass is 463 g/mol. The van der Waals surface area contributed by atoms with Gasteiger partial charge in [-0.3, -0.25) is 9.59 Å². The van der Waals surface area contributed by atoms with Crippen molar-refractivity contribution in [2.45, 2.75) is 122 Å². The first-order valence-corrected chi connectivity index (χ1v) is 13.2. The first kappa shape index (κ1) is 29.2. The predicted molar refractivity (Wildman–Crippen MR) is 132 cm³/mol. The number of rotatable bonds is 21. The van der Waals surface area contributed by atoms with Gasteiger partial charge in [0.25, 0.3) is 5.91 Å². The maximum Gasteiger partial charge on any atom is 0.286 e. The fraction of sp³-hybridized carbons (Fsp3) is 0.741. The molecular weight excluding hydrogens is 416 g/mol. The molecule has 1 aromatic rings. The van der Waals surface area contributed by atoms with Crippen molar-refractivity contribution in [2.24, 2.45) is 0 Å². The number of aromatic nitrogens is 1. The molecule has 0 aromatic carbocycles. The zero-order chi connectivity index (χ0) is 24.2. The highest BCUT2D eigenvalue weighted by molar-refractivity contribution is 5.92. The lowest BCUT2D eigenvalue weighted by molar-refractivity contribution is -0.686. The van der Waals surface area contributed by atoms with Crippen molar-refractivity contribution in [3.8, 4) is 0 Å². The Morgan fingerprint density at radius 2 is 1.33 bits per heavy atom. The van der Waals surface area contributed by atoms with Gasteiger partial charge in [0.05, 0.1) is 6.54 Å². The highest BCUT2D eigenvalue weighted by Crippen LogP contribution is 2.14. The van der Waals surface area contributed by atoms with Gasteiger partial charge in [-0.15, -0.1) is 0 Å². The number of amides is 1. The molecule has 33 heavy (non-hydrogen) atoms. The molecule has 0 fully saturated rings. The zero-order valence-corrected chi connectivity index (χ0v) is 20.8. The number of unbranched alkanes of at least 4 members (excludes halogenated alkanes) is 14. The summed E-state index contributed by atoms with van der Waals surface area (Å²) in [6.07, 6.45) is 20.0. The molecule has 3 N–H and O–H groups in total. The molecule has 188 valence electrons. The van der Waals surface area contributed by atoms with Gasteiger partial charge in [-0.25, -0.2) is 0 Å². The summed E-state index contributed by atoms with van der Waals surface area (Å²) in [5.41, 5.74) is 0.516. The van der Waals surface area contributed by atoms with E-state index in [0.29, 0.717) is 12.1 Å². The third-order valence-corrected chi connectivity index (χ3v) is 6.03. The number of ketones is 1. The third kappa shape index (κ3) is 15.6. The maximum atomic E-state index is 12.6. The highest BCUT2D eigenvalue weighted by Gasteiger charge is 2.20. The van der Waals surface area contributed by atoms with Crippen LogP contribution in [0.1, 0.15) is 120 Å². The van der Waals surface area contributed by atoms with E-state index in [-0.39, 0.29) is 24.8 Å². The second-order valence-electron chi connectivity index (χ2n) is 9.12. The van der Waals surface area contributed by atoms with Gasteiger partial charge < -0.3 is 15.5 Å². The van der Waals surface area contributed by atoms with Crippen LogP contribution in [0.4, 0.5) is 0 Å². The van der Waals surface area contributed by atoms with Gasteiger partial charge in [0.2, 0.25) is 18.0 Å². The van der Waals surface area contributed by atoms with Crippen molar-refractivity contribution in [3.05, 3.63) is 30.1 Å². The summed E-state index contributed by atoms with van der Waals surface area (Å²) in [5, 5.41) is 20.1. The Hall–Kier alpha value is -1.79. The molecule has 0 aliphatic rings. The van der Waals surface area contributed by atoms with Crippen LogP contribution >= 0.6 is 0 Å². The average molecular weight is 464 g/mol. The van der Waals surface area contributed by atoms with E-state index >= 15 is 0 Å². The zero-order valence-electron chi connectivity index (χ0n) is 20.8. The molecule has 6 heteroatoms. The van der Waals surface area contributed by atoms with Crippen LogP contribution in [0, 0.1) is 0 Å². The van der Waals surface area contributed by atoms with Gasteiger partial charge in [-0.2, -0.15) is 4.57 Å². The molecule has 0 saturated carbocycles. The molecule has 1 heterocycles. The van der Waals surface area contributed by atoms with Crippen LogP contribution in [0.2, 0.25) is 0 Å². The number of nitrogens with zero attached hydrogens (tertiary/aromatic N) is 1. The maximum absolute atomic E-state index is 12.6. The standard InChI is InChI=1S/C27H46N2O4/c1-2-3-4-5-6-7-8-9-10-11-12-13-14-15-16-20-25(30)24-19-17-18-21-29(24)23-26(31)28-22-27(32)33/h17-19,21,27,32-33H,2-16,20,22-23H2,1H3/p+1. The molecule has 0 radical (unpaired) electrons. The summed E-state index contributed by atoms with van der Waals surface area (Å²) >= 11 is 0. The van der Waals surface area contributed by atoms with Gasteiger partial charge in [-0.1, -0.05) is 96.8 Å². The van der Waals surface area contributed by atoms with Gasteiger partial charge in [-0.05, 0) is 12.5 Å². The number of aliphatic hydroxyl groups is 2. The van der Waals surface area contributed by atoms with Crippen molar-refractivity contribution in [3.63, 3.8) is 0 Å². The SMILES string of the molecule is CCCCCCCCCCCCCCCCCC(=O)c1cccc[n+]1CC(=O)NCC(O)O. The van der Waals surface area contributed by atoms with E-state index in [4.69, 9.17) is 10.2 Å². The molecular formula is C27H47N2O4+. The van der Waals surface area contributed by atoms with Crippen molar-refractivity contribution in [2.75, 3.05) is 6.54 Å². The van der Waals surface area contributed by atoms with Gasteiger partial charge in [0.1, 0.15) is 0 Å². The van der Waals surface area contributed by atoms with Crippen LogP contribution in [-0.4, -0.2) is 34.7 Å². The lowest BCUT2D eigenvalue weighted by Gasteiger charge is -2.06. The fourth-order valence-corrected chi connectivity index (χ4v) is 4.07. The van der Waals surface area contributed by atoms with Crippen LogP contribution in [0.3, 0.4) is 0 Å². The number of carbonyl (C=O) groups is 2. The van der Waals surface area contributed by atoms with Crippen molar-refractivity contribution in [1.82, 2.24) is 5.32 Å². The summed E-state index contributed by atoms with van der Waals surface area (Å²) in [7, 11) is 0. The van der Waals surface area contributed by atoms with E-state index in [9.17, 15) is 9.59 Å². The molecule has 1 rings (SSSR count). The van der Waals surface area contributed by atoms with Crippen LogP contribution in [0.25, 0.3) is 0 Å². The average Bonchev–Trinajstić information content (AvgIpc) is 2.80. The number of hydrogen-bond acceptors (Lipinski definition) is 4. The second kappa shape index (κ2) is 19.7. The van der Waals surface area contributed by atoms with Crippen molar-refractivity contribution < 1.29 is 24.4 Å². The van der Waals surface area contributed by atoms with Gasteiger partial charge in [0.15, 0.2) is 12.5 Å². The number of carbonyl (C=O) groups excluding carboxylic acids is 2. The lowest BCUT2D eigenvalue weighted by Crippen LogP contribution is -2.47. The Balaban J connectivity index is 2.08. The molecule has 1 amide bonds. The molecule has 0 aliphatic heterocycles. The predicted octanol–water partition coefficient (Wildman–Crippen LogP) is 4.85. The van der Waals surface area contributed by atoms with Crippen LogP contribution in [0.15, 0.2) is 24.4 Å². The molecule has 0 saturated heterocycles. The minimum absolute atomic E-state index is 0.0203. The van der Waals surface area contributed by atoms with E-state index in [1.54, 1.807) is 29.0 Å². The molecule has 0 unspecified atom stereocenters.